The third-order valence-corrected chi connectivity index (χ3v) is 4.71. The molecule has 1 aliphatic rings. The standard InChI is InChI=1S/C19H21F3N4O2/c20-19(21,22)15-3-5-16(6-4-15)26-7-1-2-17(26)12-25-24-10-13-8-14(18(27)28)11-23-9-13/h1-7,12-14,23-24H,8-11H2,(H,27,28)/b25-12+/t13-,14+/m0/s1. The van der Waals surface area contributed by atoms with E-state index in [1.165, 1.54) is 12.1 Å². The van der Waals surface area contributed by atoms with Crippen molar-refractivity contribution in [3.05, 3.63) is 53.9 Å². The Morgan fingerprint density at radius 1 is 1.29 bits per heavy atom. The number of aliphatic carboxylic acids is 1. The number of hydrazone groups is 1. The minimum absolute atomic E-state index is 0.161. The van der Waals surface area contributed by atoms with E-state index in [0.29, 0.717) is 30.9 Å². The maximum absolute atomic E-state index is 12.7. The van der Waals surface area contributed by atoms with Gasteiger partial charge in [0.25, 0.3) is 0 Å². The minimum atomic E-state index is -4.36. The number of benzene rings is 1. The van der Waals surface area contributed by atoms with E-state index < -0.39 is 17.7 Å². The van der Waals surface area contributed by atoms with Gasteiger partial charge in [0.2, 0.25) is 0 Å². The number of hydrogen-bond acceptors (Lipinski definition) is 4. The van der Waals surface area contributed by atoms with Crippen molar-refractivity contribution in [2.24, 2.45) is 16.9 Å². The topological polar surface area (TPSA) is 78.7 Å². The number of aromatic nitrogens is 1. The number of piperidine rings is 1. The van der Waals surface area contributed by atoms with Crippen molar-refractivity contribution in [3.63, 3.8) is 0 Å². The van der Waals surface area contributed by atoms with E-state index in [9.17, 15) is 18.0 Å². The molecule has 150 valence electrons. The largest absolute Gasteiger partial charge is 0.481 e. The average molecular weight is 394 g/mol. The van der Waals surface area contributed by atoms with Gasteiger partial charge in [0, 0.05) is 25.0 Å². The van der Waals surface area contributed by atoms with Crippen LogP contribution in [-0.2, 0) is 11.0 Å². The highest BCUT2D eigenvalue weighted by Gasteiger charge is 2.30. The molecule has 2 heterocycles. The highest BCUT2D eigenvalue weighted by Crippen LogP contribution is 2.29. The Morgan fingerprint density at radius 2 is 2.04 bits per heavy atom. The molecule has 0 bridgehead atoms. The first-order chi connectivity index (χ1) is 13.3. The van der Waals surface area contributed by atoms with Crippen LogP contribution in [0.5, 0.6) is 0 Å². The highest BCUT2D eigenvalue weighted by molar-refractivity contribution is 5.78. The molecule has 28 heavy (non-hydrogen) atoms. The monoisotopic (exact) mass is 394 g/mol. The lowest BCUT2D eigenvalue weighted by Crippen LogP contribution is -2.42. The minimum Gasteiger partial charge on any atom is -0.481 e. The van der Waals surface area contributed by atoms with Gasteiger partial charge in [0.1, 0.15) is 0 Å². The number of alkyl halides is 3. The summed E-state index contributed by atoms with van der Waals surface area (Å²) in [5.74, 6) is -1.02. The SMILES string of the molecule is O=C(O)[C@H]1CNC[C@@H](CN/N=C/c2cccn2-c2ccc(C(F)(F)F)cc2)C1. The van der Waals surface area contributed by atoms with E-state index in [4.69, 9.17) is 5.11 Å². The van der Waals surface area contributed by atoms with Gasteiger partial charge in [-0.05, 0) is 55.3 Å². The van der Waals surface area contributed by atoms with Crippen LogP contribution in [-0.4, -0.2) is 41.5 Å². The van der Waals surface area contributed by atoms with Gasteiger partial charge in [0.05, 0.1) is 23.4 Å². The van der Waals surface area contributed by atoms with Crippen LogP contribution in [0.15, 0.2) is 47.7 Å². The van der Waals surface area contributed by atoms with Crippen LogP contribution in [0.3, 0.4) is 0 Å². The van der Waals surface area contributed by atoms with Crippen molar-refractivity contribution in [2.45, 2.75) is 12.6 Å². The second kappa shape index (κ2) is 8.47. The number of carboxylic acid groups (broad SMARTS) is 1. The van der Waals surface area contributed by atoms with Crippen molar-refractivity contribution >= 4 is 12.2 Å². The molecule has 1 aromatic heterocycles. The summed E-state index contributed by atoms with van der Waals surface area (Å²) in [4.78, 5) is 11.1. The normalized spacial score (nSPS) is 20.4. The van der Waals surface area contributed by atoms with Gasteiger partial charge in [-0.25, -0.2) is 0 Å². The van der Waals surface area contributed by atoms with Crippen LogP contribution < -0.4 is 10.7 Å². The van der Waals surface area contributed by atoms with Gasteiger partial charge < -0.3 is 20.4 Å². The summed E-state index contributed by atoms with van der Waals surface area (Å²) in [5, 5.41) is 16.4. The number of nitrogens with one attached hydrogen (secondary N) is 2. The Labute approximate surface area is 160 Å². The van der Waals surface area contributed by atoms with E-state index in [-0.39, 0.29) is 11.8 Å². The Hall–Kier alpha value is -2.81. The van der Waals surface area contributed by atoms with Crippen LogP contribution in [0.1, 0.15) is 17.7 Å². The molecule has 3 rings (SSSR count). The Kier molecular flexibility index (Phi) is 6.03. The summed E-state index contributed by atoms with van der Waals surface area (Å²) < 4.78 is 39.8. The predicted molar refractivity (Wildman–Crippen MR) is 98.5 cm³/mol. The molecule has 1 aliphatic heterocycles. The third kappa shape index (κ3) is 4.92. The fourth-order valence-corrected chi connectivity index (χ4v) is 3.21. The fourth-order valence-electron chi connectivity index (χ4n) is 3.21. The predicted octanol–water partition coefficient (Wildman–Crippen LogP) is 2.73. The van der Waals surface area contributed by atoms with Crippen molar-refractivity contribution < 1.29 is 23.1 Å². The molecular formula is C19H21F3N4O2. The molecule has 3 N–H and O–H groups in total. The zero-order valence-corrected chi connectivity index (χ0v) is 15.0. The van der Waals surface area contributed by atoms with Crippen LogP contribution >= 0.6 is 0 Å². The number of halogens is 3. The first-order valence-electron chi connectivity index (χ1n) is 8.89. The van der Waals surface area contributed by atoms with E-state index >= 15 is 0 Å². The first-order valence-corrected chi connectivity index (χ1v) is 8.89. The van der Waals surface area contributed by atoms with Gasteiger partial charge in [0.15, 0.2) is 0 Å². The summed E-state index contributed by atoms with van der Waals surface area (Å²) in [6, 6.07) is 8.49. The number of carbonyl (C=O) groups is 1. The zero-order chi connectivity index (χ0) is 20.1. The second-order valence-corrected chi connectivity index (χ2v) is 6.76. The highest BCUT2D eigenvalue weighted by atomic mass is 19.4. The maximum Gasteiger partial charge on any atom is 0.416 e. The molecule has 0 saturated carbocycles. The smallest absolute Gasteiger partial charge is 0.416 e. The summed E-state index contributed by atoms with van der Waals surface area (Å²) in [5.41, 5.74) is 3.54. The lowest BCUT2D eigenvalue weighted by Gasteiger charge is -2.27. The summed E-state index contributed by atoms with van der Waals surface area (Å²) in [7, 11) is 0. The summed E-state index contributed by atoms with van der Waals surface area (Å²) >= 11 is 0. The maximum atomic E-state index is 12.7. The van der Waals surface area contributed by atoms with E-state index in [0.717, 1.165) is 18.7 Å². The molecular weight excluding hydrogens is 373 g/mol. The van der Waals surface area contributed by atoms with E-state index in [1.807, 2.05) is 0 Å². The quantitative estimate of drug-likeness (QED) is 0.520. The zero-order valence-electron chi connectivity index (χ0n) is 15.0. The lowest BCUT2D eigenvalue weighted by atomic mass is 9.91. The average Bonchev–Trinajstić information content (AvgIpc) is 3.13. The number of nitrogens with zero attached hydrogens (tertiary/aromatic N) is 2. The fraction of sp³-hybridized carbons (Fsp3) is 0.368. The van der Waals surface area contributed by atoms with Crippen molar-refractivity contribution in [3.8, 4) is 5.69 Å². The molecule has 9 heteroatoms. The molecule has 1 aromatic carbocycles. The van der Waals surface area contributed by atoms with Gasteiger partial charge >= 0.3 is 12.1 Å². The number of rotatable bonds is 6. The molecule has 6 nitrogen and oxygen atoms in total. The molecule has 1 saturated heterocycles. The van der Waals surface area contributed by atoms with Crippen molar-refractivity contribution in [1.82, 2.24) is 15.3 Å². The Balaban J connectivity index is 1.59. The Bertz CT molecular complexity index is 830. The molecule has 0 radical (unpaired) electrons. The van der Waals surface area contributed by atoms with Gasteiger partial charge in [-0.15, -0.1) is 0 Å². The van der Waals surface area contributed by atoms with Crippen LogP contribution in [0.25, 0.3) is 5.69 Å². The van der Waals surface area contributed by atoms with Gasteiger partial charge in [-0.3, -0.25) is 4.79 Å². The molecule has 2 atom stereocenters. The van der Waals surface area contributed by atoms with E-state index in [1.54, 1.807) is 29.1 Å². The molecule has 1 fully saturated rings. The van der Waals surface area contributed by atoms with Crippen LogP contribution in [0.4, 0.5) is 13.2 Å². The molecule has 0 unspecified atom stereocenters. The molecule has 2 aromatic rings. The van der Waals surface area contributed by atoms with Crippen molar-refractivity contribution in [2.75, 3.05) is 19.6 Å². The molecule has 0 aliphatic carbocycles. The van der Waals surface area contributed by atoms with Gasteiger partial charge in [-0.1, -0.05) is 0 Å². The molecule has 0 amide bonds. The van der Waals surface area contributed by atoms with E-state index in [2.05, 4.69) is 15.8 Å². The van der Waals surface area contributed by atoms with Crippen LogP contribution in [0.2, 0.25) is 0 Å². The lowest BCUT2D eigenvalue weighted by molar-refractivity contribution is -0.142. The Morgan fingerprint density at radius 3 is 2.71 bits per heavy atom. The third-order valence-electron chi connectivity index (χ3n) is 4.71. The van der Waals surface area contributed by atoms with Crippen LogP contribution in [0, 0.1) is 11.8 Å². The van der Waals surface area contributed by atoms with Crippen molar-refractivity contribution in [1.29, 1.82) is 0 Å². The number of hydrogen-bond donors (Lipinski definition) is 3. The van der Waals surface area contributed by atoms with Gasteiger partial charge in [-0.2, -0.15) is 18.3 Å². The number of carboxylic acids is 1. The summed E-state index contributed by atoms with van der Waals surface area (Å²) in [6.07, 6.45) is -0.446. The second-order valence-electron chi connectivity index (χ2n) is 6.76. The molecule has 0 spiro atoms. The first kappa shape index (κ1) is 19.9. The summed E-state index contributed by atoms with van der Waals surface area (Å²) in [6.45, 7) is 1.75.